The number of nitrogens with one attached hydrogen (secondary N) is 2. The molecule has 32 heavy (non-hydrogen) atoms. The molecule has 9 heteroatoms. The first-order valence-electron chi connectivity index (χ1n) is 9.62. The van der Waals surface area contributed by atoms with E-state index in [2.05, 4.69) is 15.2 Å². The molecule has 0 heterocycles. The molecule has 0 radical (unpaired) electrons. The zero-order chi connectivity index (χ0) is 23.1. The molecule has 0 aliphatic carbocycles. The van der Waals surface area contributed by atoms with Crippen molar-refractivity contribution >= 4 is 38.9 Å². The number of anilines is 1. The fourth-order valence-corrected chi connectivity index (χ4v) is 4.21. The molecule has 0 aliphatic heterocycles. The van der Waals surface area contributed by atoms with E-state index in [4.69, 9.17) is 16.3 Å². The van der Waals surface area contributed by atoms with Gasteiger partial charge >= 0.3 is 0 Å². The van der Waals surface area contributed by atoms with E-state index in [1.165, 1.54) is 24.3 Å². The average molecular weight is 472 g/mol. The minimum atomic E-state index is -3.93. The fraction of sp³-hybridized carbons (Fsp3) is 0.130. The lowest BCUT2D eigenvalue weighted by Crippen LogP contribution is -2.20. The Morgan fingerprint density at radius 2 is 1.75 bits per heavy atom. The standard InChI is InChI=1S/C23H22ClN3O4S/c1-16(14-17-10-12-19(31-2)13-11-17)25-26-23(28)18-6-5-7-20(15-18)32(29,30)27-22-9-4-3-8-21(22)24/h3-13,15,27H,14H2,1-2H3,(H,26,28)/b25-16-. The lowest BCUT2D eigenvalue weighted by atomic mass is 10.1. The molecule has 3 aromatic carbocycles. The van der Waals surface area contributed by atoms with Gasteiger partial charge in [0.15, 0.2) is 0 Å². The highest BCUT2D eigenvalue weighted by atomic mass is 35.5. The number of sulfonamides is 1. The molecule has 3 aromatic rings. The molecule has 166 valence electrons. The lowest BCUT2D eigenvalue weighted by Gasteiger charge is -2.10. The molecule has 0 unspecified atom stereocenters. The third-order valence-corrected chi connectivity index (χ3v) is 6.18. The second-order valence-electron chi connectivity index (χ2n) is 6.93. The van der Waals surface area contributed by atoms with Crippen molar-refractivity contribution in [2.75, 3.05) is 11.8 Å². The molecule has 3 rings (SSSR count). The monoisotopic (exact) mass is 471 g/mol. The molecule has 0 atom stereocenters. The van der Waals surface area contributed by atoms with E-state index < -0.39 is 15.9 Å². The summed E-state index contributed by atoms with van der Waals surface area (Å²) >= 11 is 6.03. The van der Waals surface area contributed by atoms with Gasteiger partial charge in [-0.05, 0) is 55.0 Å². The third kappa shape index (κ3) is 6.09. The molecule has 0 bridgehead atoms. The van der Waals surface area contributed by atoms with Crippen LogP contribution in [0.2, 0.25) is 5.02 Å². The van der Waals surface area contributed by atoms with Crippen molar-refractivity contribution in [3.05, 3.63) is 88.9 Å². The maximum Gasteiger partial charge on any atom is 0.271 e. The molecule has 0 saturated carbocycles. The summed E-state index contributed by atoms with van der Waals surface area (Å²) in [6.07, 6.45) is 0.542. The van der Waals surface area contributed by atoms with Gasteiger partial charge in [0, 0.05) is 17.7 Å². The molecule has 1 amide bonds. The number of methoxy groups -OCH3 is 1. The van der Waals surface area contributed by atoms with Crippen molar-refractivity contribution in [1.29, 1.82) is 0 Å². The SMILES string of the molecule is COc1ccc(C/C(C)=N\NC(=O)c2cccc(S(=O)(=O)Nc3ccccc3Cl)c2)cc1. The molecule has 0 saturated heterocycles. The fourth-order valence-electron chi connectivity index (χ4n) is 2.84. The summed E-state index contributed by atoms with van der Waals surface area (Å²) in [5.74, 6) is 0.240. The van der Waals surface area contributed by atoms with Gasteiger partial charge in [-0.25, -0.2) is 13.8 Å². The Balaban J connectivity index is 1.69. The van der Waals surface area contributed by atoms with Gasteiger partial charge in [0.25, 0.3) is 15.9 Å². The van der Waals surface area contributed by atoms with Gasteiger partial charge in [0.05, 0.1) is 22.7 Å². The van der Waals surface area contributed by atoms with Crippen molar-refractivity contribution in [2.45, 2.75) is 18.2 Å². The number of carbonyl (C=O) groups is 1. The first kappa shape index (κ1) is 23.3. The van der Waals surface area contributed by atoms with Crippen molar-refractivity contribution in [1.82, 2.24) is 5.43 Å². The van der Waals surface area contributed by atoms with E-state index in [9.17, 15) is 13.2 Å². The topological polar surface area (TPSA) is 96.9 Å². The van der Waals surface area contributed by atoms with E-state index >= 15 is 0 Å². The number of nitrogens with zero attached hydrogens (tertiary/aromatic N) is 1. The predicted octanol–water partition coefficient (Wildman–Crippen LogP) is 4.50. The number of hydrogen-bond donors (Lipinski definition) is 2. The number of carbonyl (C=O) groups excluding carboxylic acids is 1. The van der Waals surface area contributed by atoms with Crippen LogP contribution < -0.4 is 14.9 Å². The Hall–Kier alpha value is -3.36. The minimum Gasteiger partial charge on any atom is -0.497 e. The smallest absolute Gasteiger partial charge is 0.271 e. The third-order valence-electron chi connectivity index (χ3n) is 4.49. The highest BCUT2D eigenvalue weighted by Gasteiger charge is 2.17. The second kappa shape index (κ2) is 10.3. The number of para-hydroxylation sites is 1. The summed E-state index contributed by atoms with van der Waals surface area (Å²) in [6.45, 7) is 1.79. The van der Waals surface area contributed by atoms with E-state index in [0.717, 1.165) is 11.3 Å². The van der Waals surface area contributed by atoms with E-state index in [0.29, 0.717) is 12.1 Å². The number of hydrazone groups is 1. The second-order valence-corrected chi connectivity index (χ2v) is 9.02. The van der Waals surface area contributed by atoms with Gasteiger partial charge in [0.2, 0.25) is 0 Å². The minimum absolute atomic E-state index is 0.0657. The molecule has 0 fully saturated rings. The highest BCUT2D eigenvalue weighted by molar-refractivity contribution is 7.92. The van der Waals surface area contributed by atoms with Gasteiger partial charge in [-0.15, -0.1) is 0 Å². The summed E-state index contributed by atoms with van der Waals surface area (Å²) < 4.78 is 33.0. The van der Waals surface area contributed by atoms with Crippen LogP contribution in [0.25, 0.3) is 0 Å². The van der Waals surface area contributed by atoms with Gasteiger partial charge in [-0.3, -0.25) is 9.52 Å². The van der Waals surface area contributed by atoms with Crippen molar-refractivity contribution in [3.63, 3.8) is 0 Å². The van der Waals surface area contributed by atoms with Crippen LogP contribution in [0.3, 0.4) is 0 Å². The van der Waals surface area contributed by atoms with Crippen LogP contribution in [0.4, 0.5) is 5.69 Å². The molecular weight excluding hydrogens is 450 g/mol. The van der Waals surface area contributed by atoms with Gasteiger partial charge in [-0.2, -0.15) is 5.10 Å². The van der Waals surface area contributed by atoms with Gasteiger partial charge in [0.1, 0.15) is 5.75 Å². The maximum atomic E-state index is 12.7. The lowest BCUT2D eigenvalue weighted by molar-refractivity contribution is 0.0954. The quantitative estimate of drug-likeness (QED) is 0.373. The van der Waals surface area contributed by atoms with Crippen LogP contribution in [0.1, 0.15) is 22.8 Å². The van der Waals surface area contributed by atoms with E-state index in [-0.39, 0.29) is 21.2 Å². The number of benzene rings is 3. The van der Waals surface area contributed by atoms with Crippen LogP contribution >= 0.6 is 11.6 Å². The molecule has 0 spiro atoms. The number of amides is 1. The van der Waals surface area contributed by atoms with Crippen molar-refractivity contribution in [3.8, 4) is 5.75 Å². The van der Waals surface area contributed by atoms with Crippen LogP contribution in [-0.4, -0.2) is 27.1 Å². The predicted molar refractivity (Wildman–Crippen MR) is 126 cm³/mol. The van der Waals surface area contributed by atoms with Gasteiger partial charge < -0.3 is 4.74 Å². The summed E-state index contributed by atoms with van der Waals surface area (Å²) in [4.78, 5) is 12.4. The van der Waals surface area contributed by atoms with E-state index in [1.807, 2.05) is 24.3 Å². The Morgan fingerprint density at radius 1 is 1.03 bits per heavy atom. The normalized spacial score (nSPS) is 11.7. The first-order chi connectivity index (χ1) is 15.3. The molecular formula is C23H22ClN3O4S. The Kier molecular flexibility index (Phi) is 7.50. The number of rotatable bonds is 8. The Bertz CT molecular complexity index is 1240. The Morgan fingerprint density at radius 3 is 2.44 bits per heavy atom. The number of ether oxygens (including phenoxy) is 1. The van der Waals surface area contributed by atoms with Gasteiger partial charge in [-0.1, -0.05) is 41.9 Å². The summed E-state index contributed by atoms with van der Waals surface area (Å²) in [7, 11) is -2.33. The highest BCUT2D eigenvalue weighted by Crippen LogP contribution is 2.24. The zero-order valence-corrected chi connectivity index (χ0v) is 19.1. The molecule has 0 aromatic heterocycles. The van der Waals surface area contributed by atoms with Crippen LogP contribution in [0.5, 0.6) is 5.75 Å². The van der Waals surface area contributed by atoms with Crippen LogP contribution in [0, 0.1) is 0 Å². The number of hydrogen-bond acceptors (Lipinski definition) is 5. The van der Waals surface area contributed by atoms with Crippen LogP contribution in [0.15, 0.2) is 82.8 Å². The zero-order valence-electron chi connectivity index (χ0n) is 17.5. The largest absolute Gasteiger partial charge is 0.497 e. The van der Waals surface area contributed by atoms with Crippen LogP contribution in [-0.2, 0) is 16.4 Å². The van der Waals surface area contributed by atoms with Crippen molar-refractivity contribution < 1.29 is 17.9 Å². The Labute approximate surface area is 192 Å². The summed E-state index contributed by atoms with van der Waals surface area (Å²) in [5.41, 5.74) is 4.58. The molecule has 0 aliphatic rings. The van der Waals surface area contributed by atoms with E-state index in [1.54, 1.807) is 38.3 Å². The summed E-state index contributed by atoms with van der Waals surface area (Å²) in [5, 5.41) is 4.38. The molecule has 2 N–H and O–H groups in total. The summed E-state index contributed by atoms with van der Waals surface area (Å²) in [6, 6.07) is 19.7. The first-order valence-corrected chi connectivity index (χ1v) is 11.5. The number of halogens is 1. The maximum absolute atomic E-state index is 12.7. The van der Waals surface area contributed by atoms with Crippen molar-refractivity contribution in [2.24, 2.45) is 5.10 Å². The average Bonchev–Trinajstić information content (AvgIpc) is 2.79. The molecule has 7 nitrogen and oxygen atoms in total.